The molecule has 0 atom stereocenters. The Balaban J connectivity index is 2.59. The maximum absolute atomic E-state index is 12.2. The first-order chi connectivity index (χ1) is 16.0. The van der Waals surface area contributed by atoms with Gasteiger partial charge in [0.2, 0.25) is 0 Å². The van der Waals surface area contributed by atoms with E-state index in [4.69, 9.17) is 18.9 Å². The normalized spacial score (nSPS) is 9.94. The maximum atomic E-state index is 12.2. The van der Waals surface area contributed by atoms with Gasteiger partial charge in [0.15, 0.2) is 11.5 Å². The Morgan fingerprint density at radius 3 is 1.68 bits per heavy atom. The second-order valence-electron chi connectivity index (χ2n) is 8.29. The molecule has 2 rings (SSSR count). The Morgan fingerprint density at radius 1 is 0.676 bits per heavy atom. The van der Waals surface area contributed by atoms with Crippen molar-refractivity contribution in [1.82, 2.24) is 0 Å². The Morgan fingerprint density at radius 2 is 1.18 bits per heavy atom. The number of ether oxygens (including phenoxy) is 4. The van der Waals surface area contributed by atoms with Crippen LogP contribution in [0, 0.1) is 0 Å². The number of esters is 2. The van der Waals surface area contributed by atoms with Gasteiger partial charge < -0.3 is 18.9 Å². The van der Waals surface area contributed by atoms with Crippen LogP contribution in [-0.4, -0.2) is 11.9 Å². The SMILES string of the molecule is C=C(C)C(=O)Oc1ccc(-c2cc(OC=C(C)C)c(OC(=O)C(=C)C)cc2OC=C(C)C)cc1. The number of hydrogen-bond donors (Lipinski definition) is 0. The molecule has 0 aromatic heterocycles. The quantitative estimate of drug-likeness (QED) is 0.174. The van der Waals surface area contributed by atoms with Crippen LogP contribution in [0.25, 0.3) is 11.1 Å². The van der Waals surface area contributed by atoms with Crippen LogP contribution in [0.2, 0.25) is 0 Å². The van der Waals surface area contributed by atoms with Gasteiger partial charge in [0.05, 0.1) is 12.5 Å². The molecule has 6 heteroatoms. The molecule has 0 aliphatic carbocycles. The fraction of sp³-hybridized carbons (Fsp3) is 0.214. The molecule has 2 aromatic carbocycles. The molecular weight excluding hydrogens is 432 g/mol. The van der Waals surface area contributed by atoms with Crippen molar-refractivity contribution in [3.05, 3.63) is 84.4 Å². The maximum Gasteiger partial charge on any atom is 0.338 e. The molecule has 0 amide bonds. The molecule has 0 aliphatic rings. The zero-order chi connectivity index (χ0) is 25.4. The van der Waals surface area contributed by atoms with E-state index in [2.05, 4.69) is 13.2 Å². The molecule has 34 heavy (non-hydrogen) atoms. The third-order valence-corrected chi connectivity index (χ3v) is 4.16. The molecule has 178 valence electrons. The van der Waals surface area contributed by atoms with Crippen LogP contribution in [0.4, 0.5) is 0 Å². The first kappa shape index (κ1) is 26.2. The average Bonchev–Trinajstić information content (AvgIpc) is 2.77. The summed E-state index contributed by atoms with van der Waals surface area (Å²) in [6, 6.07) is 10.2. The topological polar surface area (TPSA) is 71.1 Å². The largest absolute Gasteiger partial charge is 0.464 e. The first-order valence-electron chi connectivity index (χ1n) is 10.6. The van der Waals surface area contributed by atoms with Crippen LogP contribution in [-0.2, 0) is 9.59 Å². The molecular formula is C28H30O6. The summed E-state index contributed by atoms with van der Waals surface area (Å²) in [5.41, 5.74) is 3.88. The van der Waals surface area contributed by atoms with E-state index < -0.39 is 11.9 Å². The van der Waals surface area contributed by atoms with Gasteiger partial charge in [-0.15, -0.1) is 0 Å². The minimum Gasteiger partial charge on any atom is -0.464 e. The standard InChI is InChI=1S/C28H30O6/c1-17(2)15-31-24-14-26(34-28(30)20(7)8)25(32-16-18(3)4)13-23(24)21-9-11-22(12-10-21)33-27(29)19(5)6/h9-16H,5,7H2,1-4,6,8H3. The lowest BCUT2D eigenvalue weighted by atomic mass is 10.0. The summed E-state index contributed by atoms with van der Waals surface area (Å²) >= 11 is 0. The number of carbonyl (C=O) groups is 2. The van der Waals surface area contributed by atoms with Crippen LogP contribution >= 0.6 is 0 Å². The van der Waals surface area contributed by atoms with Crippen molar-refractivity contribution in [1.29, 1.82) is 0 Å². The molecule has 0 aliphatic heterocycles. The molecule has 0 N–H and O–H groups in total. The van der Waals surface area contributed by atoms with E-state index in [0.717, 1.165) is 16.7 Å². The highest BCUT2D eigenvalue weighted by Crippen LogP contribution is 2.41. The zero-order valence-corrected chi connectivity index (χ0v) is 20.5. The predicted molar refractivity (Wildman–Crippen MR) is 133 cm³/mol. The monoisotopic (exact) mass is 462 g/mol. The first-order valence-corrected chi connectivity index (χ1v) is 10.6. The van der Waals surface area contributed by atoms with Crippen molar-refractivity contribution in [3.8, 4) is 34.1 Å². The van der Waals surface area contributed by atoms with E-state index in [1.807, 2.05) is 27.7 Å². The molecule has 0 saturated carbocycles. The second-order valence-corrected chi connectivity index (χ2v) is 8.29. The number of hydrogen-bond acceptors (Lipinski definition) is 6. The van der Waals surface area contributed by atoms with Gasteiger partial charge in [0.1, 0.15) is 11.5 Å². The fourth-order valence-electron chi connectivity index (χ4n) is 2.48. The van der Waals surface area contributed by atoms with Crippen molar-refractivity contribution >= 4 is 11.9 Å². The van der Waals surface area contributed by atoms with Crippen molar-refractivity contribution in [3.63, 3.8) is 0 Å². The van der Waals surface area contributed by atoms with Gasteiger partial charge in [0, 0.05) is 22.8 Å². The summed E-state index contributed by atoms with van der Waals surface area (Å²) in [6.07, 6.45) is 3.16. The van der Waals surface area contributed by atoms with Crippen LogP contribution in [0.15, 0.2) is 84.4 Å². The summed E-state index contributed by atoms with van der Waals surface area (Å²) < 4.78 is 22.5. The Bertz CT molecular complexity index is 1160. The molecule has 0 bridgehead atoms. The van der Waals surface area contributed by atoms with Crippen LogP contribution < -0.4 is 18.9 Å². The van der Waals surface area contributed by atoms with E-state index in [1.165, 1.54) is 0 Å². The lowest BCUT2D eigenvalue weighted by molar-refractivity contribution is -0.131. The fourth-order valence-corrected chi connectivity index (χ4v) is 2.48. The Kier molecular flexibility index (Phi) is 9.01. The van der Waals surface area contributed by atoms with E-state index >= 15 is 0 Å². The van der Waals surface area contributed by atoms with Gasteiger partial charge in [0.25, 0.3) is 0 Å². The Labute approximate surface area is 200 Å². The minimum absolute atomic E-state index is 0.193. The van der Waals surface area contributed by atoms with Gasteiger partial charge in [-0.05, 0) is 76.5 Å². The van der Waals surface area contributed by atoms with Crippen LogP contribution in [0.3, 0.4) is 0 Å². The summed E-state index contributed by atoms with van der Waals surface area (Å²) in [5.74, 6) is 0.276. The molecule has 0 saturated heterocycles. The average molecular weight is 463 g/mol. The van der Waals surface area contributed by atoms with Gasteiger partial charge in [-0.25, -0.2) is 9.59 Å². The van der Waals surface area contributed by atoms with E-state index in [0.29, 0.717) is 28.4 Å². The van der Waals surface area contributed by atoms with Crippen LogP contribution in [0.5, 0.6) is 23.0 Å². The molecule has 2 aromatic rings. The number of carbonyl (C=O) groups excluding carboxylic acids is 2. The highest BCUT2D eigenvalue weighted by Gasteiger charge is 2.18. The third-order valence-electron chi connectivity index (χ3n) is 4.16. The molecule has 0 fully saturated rings. The van der Waals surface area contributed by atoms with Crippen LogP contribution in [0.1, 0.15) is 41.5 Å². The van der Waals surface area contributed by atoms with Crippen molar-refractivity contribution < 1.29 is 28.5 Å². The second kappa shape index (κ2) is 11.7. The smallest absolute Gasteiger partial charge is 0.338 e. The number of benzene rings is 2. The van der Waals surface area contributed by atoms with Gasteiger partial charge >= 0.3 is 11.9 Å². The van der Waals surface area contributed by atoms with Gasteiger partial charge in [-0.2, -0.15) is 0 Å². The predicted octanol–water partition coefficient (Wildman–Crippen LogP) is 6.92. The highest BCUT2D eigenvalue weighted by molar-refractivity contribution is 5.90. The van der Waals surface area contributed by atoms with E-state index in [1.54, 1.807) is 62.8 Å². The summed E-state index contributed by atoms with van der Waals surface area (Å²) in [4.78, 5) is 24.0. The Hall–Kier alpha value is -4.06. The lowest BCUT2D eigenvalue weighted by Gasteiger charge is -2.16. The van der Waals surface area contributed by atoms with Crippen molar-refractivity contribution in [2.75, 3.05) is 0 Å². The van der Waals surface area contributed by atoms with Gasteiger partial charge in [-0.3, -0.25) is 0 Å². The molecule has 0 radical (unpaired) electrons. The summed E-state index contributed by atoms with van der Waals surface area (Å²) in [7, 11) is 0. The minimum atomic E-state index is -0.577. The van der Waals surface area contributed by atoms with Crippen molar-refractivity contribution in [2.24, 2.45) is 0 Å². The number of rotatable bonds is 9. The molecule has 6 nitrogen and oxygen atoms in total. The van der Waals surface area contributed by atoms with E-state index in [9.17, 15) is 9.59 Å². The number of allylic oxidation sites excluding steroid dienone is 2. The highest BCUT2D eigenvalue weighted by atomic mass is 16.6. The lowest BCUT2D eigenvalue weighted by Crippen LogP contribution is -2.09. The van der Waals surface area contributed by atoms with Crippen molar-refractivity contribution in [2.45, 2.75) is 41.5 Å². The summed E-state index contributed by atoms with van der Waals surface area (Å²) in [6.45, 7) is 17.9. The third kappa shape index (κ3) is 7.52. The van der Waals surface area contributed by atoms with Gasteiger partial charge in [-0.1, -0.05) is 25.3 Å². The zero-order valence-electron chi connectivity index (χ0n) is 20.5. The molecule has 0 spiro atoms. The molecule has 0 heterocycles. The summed E-state index contributed by atoms with van der Waals surface area (Å²) in [5, 5.41) is 0. The molecule has 0 unspecified atom stereocenters. The van der Waals surface area contributed by atoms with E-state index in [-0.39, 0.29) is 11.3 Å².